The van der Waals surface area contributed by atoms with Crippen LogP contribution in [-0.2, 0) is 16.8 Å². The van der Waals surface area contributed by atoms with Gasteiger partial charge >= 0.3 is 0 Å². The maximum Gasteiger partial charge on any atom is 0.217 e. The molecular weight excluding hydrogens is 386 g/mol. The van der Waals surface area contributed by atoms with Gasteiger partial charge in [-0.05, 0) is 41.0 Å². The van der Waals surface area contributed by atoms with Gasteiger partial charge in [-0.1, -0.05) is 54.6 Å². The third-order valence-corrected chi connectivity index (χ3v) is 5.44. The molecule has 1 aliphatic rings. The number of nitrogens with zero attached hydrogens (tertiary/aromatic N) is 5. The number of rotatable bonds is 5. The van der Waals surface area contributed by atoms with Crippen LogP contribution in [0.2, 0.25) is 0 Å². The Balaban J connectivity index is 1.46. The van der Waals surface area contributed by atoms with E-state index in [0.29, 0.717) is 24.6 Å². The lowest BCUT2D eigenvalue weighted by atomic mass is 9.91. The van der Waals surface area contributed by atoms with E-state index in [1.807, 2.05) is 66.7 Å². The van der Waals surface area contributed by atoms with Crippen LogP contribution in [-0.4, -0.2) is 27.3 Å². The molecule has 0 fully saturated rings. The van der Waals surface area contributed by atoms with Gasteiger partial charge in [-0.25, -0.2) is 9.98 Å². The van der Waals surface area contributed by atoms with Gasteiger partial charge in [0.2, 0.25) is 5.90 Å². The first kappa shape index (κ1) is 18.8. The first-order chi connectivity index (χ1) is 15.3. The van der Waals surface area contributed by atoms with E-state index in [1.165, 1.54) is 6.33 Å². The van der Waals surface area contributed by atoms with E-state index < -0.39 is 5.54 Å². The Kier molecular flexibility index (Phi) is 4.77. The van der Waals surface area contributed by atoms with Gasteiger partial charge in [-0.3, -0.25) is 4.68 Å². The van der Waals surface area contributed by atoms with Crippen LogP contribution in [0.25, 0.3) is 11.1 Å². The predicted octanol–water partition coefficient (Wildman–Crippen LogP) is 4.19. The van der Waals surface area contributed by atoms with Crippen molar-refractivity contribution < 1.29 is 4.74 Å². The average Bonchev–Trinajstić information content (AvgIpc) is 3.51. The van der Waals surface area contributed by atoms with E-state index in [9.17, 15) is 0 Å². The molecule has 5 rings (SSSR count). The van der Waals surface area contributed by atoms with Crippen molar-refractivity contribution in [2.24, 2.45) is 4.99 Å². The lowest BCUT2D eigenvalue weighted by Gasteiger charge is -2.24. The van der Waals surface area contributed by atoms with Crippen LogP contribution < -0.4 is 0 Å². The highest BCUT2D eigenvalue weighted by Gasteiger charge is 2.39. The highest BCUT2D eigenvalue weighted by atomic mass is 16.5. The summed E-state index contributed by atoms with van der Waals surface area (Å²) in [6.07, 6.45) is 3.23. The second-order valence-corrected chi connectivity index (χ2v) is 7.46. The summed E-state index contributed by atoms with van der Waals surface area (Å²) in [4.78, 5) is 9.09. The molecule has 1 aliphatic heterocycles. The monoisotopic (exact) mass is 405 g/mol. The van der Waals surface area contributed by atoms with E-state index in [4.69, 9.17) is 15.0 Å². The topological polar surface area (TPSA) is 76.1 Å². The normalized spacial score (nSPS) is 17.6. The summed E-state index contributed by atoms with van der Waals surface area (Å²) in [7, 11) is 0. The third-order valence-electron chi connectivity index (χ3n) is 5.44. The molecule has 6 nitrogen and oxygen atoms in total. The van der Waals surface area contributed by atoms with Gasteiger partial charge in [0.25, 0.3) is 0 Å². The summed E-state index contributed by atoms with van der Waals surface area (Å²) in [6, 6.07) is 28.0. The lowest BCUT2D eigenvalue weighted by Crippen LogP contribution is -2.31. The Hall–Kier alpha value is -4.24. The molecule has 1 aromatic heterocycles. The summed E-state index contributed by atoms with van der Waals surface area (Å²) in [5.41, 5.74) is 4.23. The SMILES string of the molecule is N#Cc1ccc(-c2ccc(C3=NC(Cn4cncn4)(c4ccccc4)CO3)cc2)cc1. The van der Waals surface area contributed by atoms with Gasteiger partial charge in [-0.15, -0.1) is 0 Å². The zero-order valence-electron chi connectivity index (χ0n) is 16.7. The number of nitriles is 1. The number of aromatic nitrogens is 3. The van der Waals surface area contributed by atoms with Gasteiger partial charge in [0.15, 0.2) is 0 Å². The Morgan fingerprint density at radius 3 is 2.23 bits per heavy atom. The molecule has 0 amide bonds. The molecule has 0 spiro atoms. The maximum atomic E-state index is 8.98. The van der Waals surface area contributed by atoms with Crippen molar-refractivity contribution in [2.45, 2.75) is 12.1 Å². The predicted molar refractivity (Wildman–Crippen MR) is 117 cm³/mol. The Morgan fingerprint density at radius 2 is 1.58 bits per heavy atom. The van der Waals surface area contributed by atoms with E-state index in [2.05, 4.69) is 28.3 Å². The minimum absolute atomic E-state index is 0.434. The zero-order valence-corrected chi connectivity index (χ0v) is 16.7. The van der Waals surface area contributed by atoms with Crippen molar-refractivity contribution in [3.05, 3.63) is 108 Å². The lowest BCUT2D eigenvalue weighted by molar-refractivity contribution is 0.230. The minimum atomic E-state index is -0.559. The molecule has 4 aromatic rings. The molecule has 1 atom stereocenters. The summed E-state index contributed by atoms with van der Waals surface area (Å²) >= 11 is 0. The van der Waals surface area contributed by atoms with Crippen LogP contribution in [0.1, 0.15) is 16.7 Å². The van der Waals surface area contributed by atoms with Crippen molar-refractivity contribution in [1.82, 2.24) is 14.8 Å². The Bertz CT molecular complexity index is 1240. The Morgan fingerprint density at radius 1 is 0.903 bits per heavy atom. The number of aliphatic imine (C=N–C) groups is 1. The second-order valence-electron chi connectivity index (χ2n) is 7.46. The number of ether oxygens (including phenoxy) is 1. The molecule has 31 heavy (non-hydrogen) atoms. The molecule has 0 N–H and O–H groups in total. The highest BCUT2D eigenvalue weighted by molar-refractivity contribution is 5.96. The fourth-order valence-electron chi connectivity index (χ4n) is 3.79. The number of benzene rings is 3. The molecule has 3 aromatic carbocycles. The van der Waals surface area contributed by atoms with Gasteiger partial charge in [0.1, 0.15) is 24.8 Å². The maximum absolute atomic E-state index is 8.98. The molecular formula is C25H19N5O. The summed E-state index contributed by atoms with van der Waals surface area (Å²) in [6.45, 7) is 0.980. The van der Waals surface area contributed by atoms with Crippen molar-refractivity contribution in [1.29, 1.82) is 5.26 Å². The van der Waals surface area contributed by atoms with Crippen molar-refractivity contribution in [3.8, 4) is 17.2 Å². The van der Waals surface area contributed by atoms with Crippen molar-refractivity contribution >= 4 is 5.90 Å². The molecule has 0 saturated heterocycles. The van der Waals surface area contributed by atoms with Gasteiger partial charge < -0.3 is 4.74 Å². The van der Waals surface area contributed by atoms with E-state index in [1.54, 1.807) is 11.0 Å². The number of hydrogen-bond acceptors (Lipinski definition) is 5. The van der Waals surface area contributed by atoms with Crippen molar-refractivity contribution in [2.75, 3.05) is 6.61 Å². The third kappa shape index (κ3) is 3.69. The fraction of sp³-hybridized carbons (Fsp3) is 0.120. The summed E-state index contributed by atoms with van der Waals surface area (Å²) in [5.74, 6) is 0.621. The van der Waals surface area contributed by atoms with Crippen LogP contribution in [0, 0.1) is 11.3 Å². The van der Waals surface area contributed by atoms with Gasteiger partial charge in [0, 0.05) is 5.56 Å². The molecule has 0 radical (unpaired) electrons. The molecule has 6 heteroatoms. The quantitative estimate of drug-likeness (QED) is 0.499. The van der Waals surface area contributed by atoms with Crippen LogP contribution in [0.3, 0.4) is 0 Å². The summed E-state index contributed by atoms with van der Waals surface area (Å²) in [5, 5.41) is 13.2. The molecule has 2 heterocycles. The number of hydrogen-bond donors (Lipinski definition) is 0. The molecule has 150 valence electrons. The van der Waals surface area contributed by atoms with Crippen LogP contribution in [0.4, 0.5) is 0 Å². The van der Waals surface area contributed by atoms with E-state index in [0.717, 1.165) is 22.3 Å². The first-order valence-corrected chi connectivity index (χ1v) is 9.97. The fourth-order valence-corrected chi connectivity index (χ4v) is 3.79. The average molecular weight is 405 g/mol. The zero-order chi connectivity index (χ0) is 21.1. The first-order valence-electron chi connectivity index (χ1n) is 9.97. The Labute approximate surface area is 180 Å². The van der Waals surface area contributed by atoms with Gasteiger partial charge in [0.05, 0.1) is 18.2 Å². The second kappa shape index (κ2) is 7.88. The summed E-state index contributed by atoms with van der Waals surface area (Å²) < 4.78 is 7.87. The van der Waals surface area contributed by atoms with Crippen molar-refractivity contribution in [3.63, 3.8) is 0 Å². The van der Waals surface area contributed by atoms with Crippen LogP contribution in [0.5, 0.6) is 0 Å². The largest absolute Gasteiger partial charge is 0.474 e. The minimum Gasteiger partial charge on any atom is -0.474 e. The smallest absolute Gasteiger partial charge is 0.217 e. The van der Waals surface area contributed by atoms with Crippen LogP contribution >= 0.6 is 0 Å². The standard InChI is InChI=1S/C25H19N5O/c26-14-19-6-8-20(9-7-19)21-10-12-22(13-11-21)24-29-25(16-31-24,15-30-18-27-17-28-30)23-4-2-1-3-5-23/h1-13,17-18H,15-16H2. The van der Waals surface area contributed by atoms with E-state index in [-0.39, 0.29) is 0 Å². The van der Waals surface area contributed by atoms with Gasteiger partial charge in [-0.2, -0.15) is 10.4 Å². The highest BCUT2D eigenvalue weighted by Crippen LogP contribution is 2.34. The molecule has 0 bridgehead atoms. The molecule has 0 aliphatic carbocycles. The van der Waals surface area contributed by atoms with Crippen LogP contribution in [0.15, 0.2) is 96.5 Å². The van der Waals surface area contributed by atoms with E-state index >= 15 is 0 Å². The molecule has 1 unspecified atom stereocenters. The molecule has 0 saturated carbocycles.